The van der Waals surface area contributed by atoms with Gasteiger partial charge in [-0.2, -0.15) is 0 Å². The third-order valence-electron chi connectivity index (χ3n) is 2.17. The number of hydrogen-bond donors (Lipinski definition) is 2. The Balaban J connectivity index is 2.45. The molecule has 1 aromatic heterocycles. The van der Waals surface area contributed by atoms with Gasteiger partial charge in [-0.05, 0) is 6.07 Å². The fourth-order valence-electron chi connectivity index (χ4n) is 1.49. The number of nitrogens with one attached hydrogen (secondary N) is 1. The SMILES string of the molecule is CN(C)NC(=O)c1sc2ccccc2c1N. The normalized spacial score (nSPS) is 10.9. The van der Waals surface area contributed by atoms with Crippen LogP contribution in [0.5, 0.6) is 0 Å². The van der Waals surface area contributed by atoms with Crippen molar-refractivity contribution in [2.45, 2.75) is 0 Å². The lowest BCUT2D eigenvalue weighted by molar-refractivity contribution is 0.0862. The zero-order valence-corrected chi connectivity index (χ0v) is 9.97. The van der Waals surface area contributed by atoms with Gasteiger partial charge in [0.25, 0.3) is 5.91 Å². The van der Waals surface area contributed by atoms with Crippen LogP contribution in [0.2, 0.25) is 0 Å². The molecule has 1 amide bonds. The van der Waals surface area contributed by atoms with Crippen LogP contribution in [0.1, 0.15) is 9.67 Å². The fourth-order valence-corrected chi connectivity index (χ4v) is 2.50. The van der Waals surface area contributed by atoms with Crippen molar-refractivity contribution in [1.82, 2.24) is 10.4 Å². The second-order valence-corrected chi connectivity index (χ2v) is 4.73. The van der Waals surface area contributed by atoms with Gasteiger partial charge >= 0.3 is 0 Å². The molecule has 1 heterocycles. The van der Waals surface area contributed by atoms with Crippen molar-refractivity contribution in [1.29, 1.82) is 0 Å². The highest BCUT2D eigenvalue weighted by Gasteiger charge is 2.15. The Hall–Kier alpha value is -1.59. The van der Waals surface area contributed by atoms with Gasteiger partial charge < -0.3 is 5.73 Å². The average Bonchev–Trinajstić information content (AvgIpc) is 2.56. The number of anilines is 1. The van der Waals surface area contributed by atoms with E-state index in [2.05, 4.69) is 5.43 Å². The Kier molecular flexibility index (Phi) is 2.80. The first-order chi connectivity index (χ1) is 7.59. The molecule has 0 aliphatic heterocycles. The second kappa shape index (κ2) is 4.11. The molecule has 2 aromatic rings. The summed E-state index contributed by atoms with van der Waals surface area (Å²) < 4.78 is 1.03. The molecule has 16 heavy (non-hydrogen) atoms. The van der Waals surface area contributed by atoms with Crippen LogP contribution in [0.15, 0.2) is 24.3 Å². The minimum absolute atomic E-state index is 0.163. The molecule has 1 aromatic carbocycles. The Labute approximate surface area is 97.6 Å². The summed E-state index contributed by atoms with van der Waals surface area (Å²) in [5.41, 5.74) is 9.19. The molecule has 84 valence electrons. The molecule has 5 heteroatoms. The van der Waals surface area contributed by atoms with Gasteiger partial charge in [0.15, 0.2) is 0 Å². The molecule has 0 radical (unpaired) electrons. The fraction of sp³-hybridized carbons (Fsp3) is 0.182. The minimum atomic E-state index is -0.163. The van der Waals surface area contributed by atoms with E-state index in [1.807, 2.05) is 24.3 Å². The highest BCUT2D eigenvalue weighted by atomic mass is 32.1. The first kappa shape index (κ1) is 10.9. The van der Waals surface area contributed by atoms with Crippen LogP contribution < -0.4 is 11.2 Å². The number of carbonyl (C=O) groups excluding carboxylic acids is 1. The van der Waals surface area contributed by atoms with Crippen molar-refractivity contribution in [3.05, 3.63) is 29.1 Å². The van der Waals surface area contributed by atoms with Crippen LogP contribution in [0.25, 0.3) is 10.1 Å². The molecular weight excluding hydrogens is 222 g/mol. The number of thiophene rings is 1. The molecule has 0 spiro atoms. The molecule has 0 atom stereocenters. The number of fused-ring (bicyclic) bond motifs is 1. The Morgan fingerprint density at radius 2 is 2.06 bits per heavy atom. The lowest BCUT2D eigenvalue weighted by atomic mass is 10.2. The lowest BCUT2D eigenvalue weighted by Crippen LogP contribution is -2.35. The monoisotopic (exact) mass is 235 g/mol. The van der Waals surface area contributed by atoms with Crippen molar-refractivity contribution in [3.8, 4) is 0 Å². The van der Waals surface area contributed by atoms with Crippen LogP contribution in [-0.2, 0) is 0 Å². The van der Waals surface area contributed by atoms with Gasteiger partial charge in [0.2, 0.25) is 0 Å². The Morgan fingerprint density at radius 1 is 1.38 bits per heavy atom. The van der Waals surface area contributed by atoms with Crippen LogP contribution >= 0.6 is 11.3 Å². The third-order valence-corrected chi connectivity index (χ3v) is 3.35. The number of hydrazine groups is 1. The van der Waals surface area contributed by atoms with Gasteiger partial charge in [-0.25, -0.2) is 5.01 Å². The predicted octanol–water partition coefficient (Wildman–Crippen LogP) is 1.69. The number of nitrogens with two attached hydrogens (primary N) is 1. The maximum Gasteiger partial charge on any atom is 0.277 e. The molecule has 3 N–H and O–H groups in total. The van der Waals surface area contributed by atoms with Crippen molar-refractivity contribution in [2.24, 2.45) is 0 Å². The number of carbonyl (C=O) groups is 1. The summed E-state index contributed by atoms with van der Waals surface area (Å²) >= 11 is 1.41. The van der Waals surface area contributed by atoms with Gasteiger partial charge in [0, 0.05) is 24.2 Å². The van der Waals surface area contributed by atoms with E-state index in [1.54, 1.807) is 19.1 Å². The van der Waals surface area contributed by atoms with E-state index >= 15 is 0 Å². The summed E-state index contributed by atoms with van der Waals surface area (Å²) in [4.78, 5) is 12.4. The van der Waals surface area contributed by atoms with Gasteiger partial charge in [-0.1, -0.05) is 18.2 Å². The number of nitrogens with zero attached hydrogens (tertiary/aromatic N) is 1. The molecule has 0 bridgehead atoms. The summed E-state index contributed by atoms with van der Waals surface area (Å²) in [6.45, 7) is 0. The topological polar surface area (TPSA) is 58.4 Å². The second-order valence-electron chi connectivity index (χ2n) is 3.68. The number of amides is 1. The average molecular weight is 235 g/mol. The maximum absolute atomic E-state index is 11.8. The molecule has 2 rings (SSSR count). The summed E-state index contributed by atoms with van der Waals surface area (Å²) in [5, 5.41) is 2.54. The molecule has 0 unspecified atom stereocenters. The number of nitrogen functional groups attached to an aromatic ring is 1. The predicted molar refractivity (Wildman–Crippen MR) is 67.4 cm³/mol. The summed E-state index contributed by atoms with van der Waals surface area (Å²) in [7, 11) is 3.53. The molecular formula is C11H13N3OS. The largest absolute Gasteiger partial charge is 0.397 e. The van der Waals surface area contributed by atoms with Crippen molar-refractivity contribution < 1.29 is 4.79 Å². The molecule has 0 fully saturated rings. The van der Waals surface area contributed by atoms with Crippen LogP contribution in [0, 0.1) is 0 Å². The van der Waals surface area contributed by atoms with E-state index < -0.39 is 0 Å². The first-order valence-electron chi connectivity index (χ1n) is 4.85. The van der Waals surface area contributed by atoms with Crippen molar-refractivity contribution >= 4 is 33.0 Å². The molecule has 0 saturated heterocycles. The van der Waals surface area contributed by atoms with Gasteiger partial charge in [0.1, 0.15) is 4.88 Å². The molecule has 0 aliphatic carbocycles. The quantitative estimate of drug-likeness (QED) is 0.779. The standard InChI is InChI=1S/C11H13N3OS/c1-14(2)13-11(15)10-9(12)7-5-3-4-6-8(7)16-10/h3-6H,12H2,1-2H3,(H,13,15). The molecule has 0 saturated carbocycles. The first-order valence-corrected chi connectivity index (χ1v) is 5.66. The molecule has 4 nitrogen and oxygen atoms in total. The Bertz CT molecular complexity index is 533. The number of rotatable bonds is 2. The highest BCUT2D eigenvalue weighted by Crippen LogP contribution is 2.33. The number of benzene rings is 1. The highest BCUT2D eigenvalue weighted by molar-refractivity contribution is 7.21. The van der Waals surface area contributed by atoms with E-state index in [-0.39, 0.29) is 5.91 Å². The van der Waals surface area contributed by atoms with Crippen LogP contribution in [0.3, 0.4) is 0 Å². The van der Waals surface area contributed by atoms with Crippen LogP contribution in [0.4, 0.5) is 5.69 Å². The van der Waals surface area contributed by atoms with Crippen LogP contribution in [-0.4, -0.2) is 25.0 Å². The van der Waals surface area contributed by atoms with E-state index in [4.69, 9.17) is 5.73 Å². The lowest BCUT2D eigenvalue weighted by Gasteiger charge is -2.10. The Morgan fingerprint density at radius 3 is 2.69 bits per heavy atom. The van der Waals surface area contributed by atoms with Gasteiger partial charge in [-0.15, -0.1) is 11.3 Å². The minimum Gasteiger partial charge on any atom is -0.397 e. The van der Waals surface area contributed by atoms with Crippen molar-refractivity contribution in [2.75, 3.05) is 19.8 Å². The third kappa shape index (κ3) is 1.87. The summed E-state index contributed by atoms with van der Waals surface area (Å²) in [6.07, 6.45) is 0. The van der Waals surface area contributed by atoms with E-state index in [0.717, 1.165) is 10.1 Å². The smallest absolute Gasteiger partial charge is 0.277 e. The number of hydrogen-bond acceptors (Lipinski definition) is 4. The zero-order valence-electron chi connectivity index (χ0n) is 9.15. The van der Waals surface area contributed by atoms with E-state index in [0.29, 0.717) is 10.6 Å². The van der Waals surface area contributed by atoms with E-state index in [1.165, 1.54) is 11.3 Å². The maximum atomic E-state index is 11.8. The van der Waals surface area contributed by atoms with Gasteiger partial charge in [-0.3, -0.25) is 10.2 Å². The molecule has 0 aliphatic rings. The summed E-state index contributed by atoms with van der Waals surface area (Å²) in [6, 6.07) is 7.74. The van der Waals surface area contributed by atoms with Gasteiger partial charge in [0.05, 0.1) is 5.69 Å². The summed E-state index contributed by atoms with van der Waals surface area (Å²) in [5.74, 6) is -0.163. The zero-order chi connectivity index (χ0) is 11.7. The van der Waals surface area contributed by atoms with E-state index in [9.17, 15) is 4.79 Å². The van der Waals surface area contributed by atoms with Crippen molar-refractivity contribution in [3.63, 3.8) is 0 Å².